The Hall–Kier alpha value is -2.82. The molecular weight excluding hydrogens is 395 g/mol. The quantitative estimate of drug-likeness (QED) is 0.382. The van der Waals surface area contributed by atoms with E-state index in [1.165, 1.54) is 0 Å². The number of hydrogen-bond acceptors (Lipinski definition) is 3. The smallest absolute Gasteiger partial charge is 0.252 e. The van der Waals surface area contributed by atoms with Crippen molar-refractivity contribution in [3.63, 3.8) is 0 Å². The Balaban J connectivity index is 1.96. The number of amides is 1. The Morgan fingerprint density at radius 2 is 1.93 bits per heavy atom. The van der Waals surface area contributed by atoms with Crippen LogP contribution in [0.4, 0.5) is 0 Å². The van der Waals surface area contributed by atoms with Gasteiger partial charge in [0, 0.05) is 21.0 Å². The third-order valence-corrected chi connectivity index (χ3v) is 4.54. The van der Waals surface area contributed by atoms with Crippen LogP contribution in [0.1, 0.15) is 28.9 Å². The number of carbonyl (C=O) groups is 1. The highest BCUT2D eigenvalue weighted by Gasteiger charge is 2.20. The molecule has 3 rings (SSSR count). The molecule has 0 radical (unpaired) electrons. The molecule has 0 aliphatic heterocycles. The maximum Gasteiger partial charge on any atom is 0.252 e. The van der Waals surface area contributed by atoms with E-state index in [1.807, 2.05) is 24.3 Å². The summed E-state index contributed by atoms with van der Waals surface area (Å²) in [4.78, 5) is 17.0. The number of benzene rings is 2. The molecule has 1 N–H and O–H groups in total. The van der Waals surface area contributed by atoms with Crippen molar-refractivity contribution in [2.24, 2.45) is 4.99 Å². The van der Waals surface area contributed by atoms with Crippen molar-refractivity contribution in [2.75, 3.05) is 0 Å². The van der Waals surface area contributed by atoms with E-state index >= 15 is 0 Å². The van der Waals surface area contributed by atoms with Crippen LogP contribution in [0.15, 0.2) is 87.1 Å². The standard InChI is InChI=1S/C22H18Cl2N2O2/c1-14(23)3-10-19(25-2)21(16-6-8-18(24)9-7-16)26-22(27)17-5-4-15-11-12-28-20(15)13-17/h3-13,21H,2H2,1H3,(H,26,27)/b14-3+,19-10-/t21-/m0/s1. The molecule has 0 saturated heterocycles. The highest BCUT2D eigenvalue weighted by atomic mass is 35.5. The Labute approximate surface area is 173 Å². The molecule has 0 fully saturated rings. The lowest BCUT2D eigenvalue weighted by Gasteiger charge is -2.20. The molecule has 6 heteroatoms. The summed E-state index contributed by atoms with van der Waals surface area (Å²) in [7, 11) is 0. The van der Waals surface area contributed by atoms with Crippen molar-refractivity contribution in [1.82, 2.24) is 5.32 Å². The first-order valence-electron chi connectivity index (χ1n) is 8.52. The van der Waals surface area contributed by atoms with Gasteiger partial charge in [0.05, 0.1) is 18.0 Å². The fourth-order valence-corrected chi connectivity index (χ4v) is 2.92. The Morgan fingerprint density at radius 1 is 1.18 bits per heavy atom. The molecule has 1 heterocycles. The van der Waals surface area contributed by atoms with E-state index < -0.39 is 6.04 Å². The summed E-state index contributed by atoms with van der Waals surface area (Å²) in [6, 6.07) is 13.8. The lowest BCUT2D eigenvalue weighted by Crippen LogP contribution is -2.29. The molecule has 0 spiro atoms. The summed E-state index contributed by atoms with van der Waals surface area (Å²) < 4.78 is 5.39. The van der Waals surface area contributed by atoms with Crippen LogP contribution in [0.25, 0.3) is 11.0 Å². The molecule has 2 aromatic carbocycles. The molecule has 0 unspecified atom stereocenters. The van der Waals surface area contributed by atoms with E-state index in [0.29, 0.717) is 26.9 Å². The van der Waals surface area contributed by atoms with Crippen LogP contribution in [-0.2, 0) is 0 Å². The minimum atomic E-state index is -0.526. The van der Waals surface area contributed by atoms with Gasteiger partial charge in [-0.2, -0.15) is 0 Å². The molecule has 0 aliphatic rings. The largest absolute Gasteiger partial charge is 0.464 e. The highest BCUT2D eigenvalue weighted by Crippen LogP contribution is 2.26. The van der Waals surface area contributed by atoms with Gasteiger partial charge >= 0.3 is 0 Å². The molecule has 0 aliphatic carbocycles. The number of aliphatic imine (C=N–C) groups is 1. The molecular formula is C22H18Cl2N2O2. The van der Waals surface area contributed by atoms with Crippen LogP contribution in [0.2, 0.25) is 5.02 Å². The van der Waals surface area contributed by atoms with Gasteiger partial charge in [0.25, 0.3) is 5.91 Å². The Kier molecular flexibility index (Phi) is 6.34. The van der Waals surface area contributed by atoms with Crippen molar-refractivity contribution < 1.29 is 9.21 Å². The number of nitrogens with one attached hydrogen (secondary N) is 1. The summed E-state index contributed by atoms with van der Waals surface area (Å²) in [5, 5.41) is 5.13. The van der Waals surface area contributed by atoms with Crippen LogP contribution in [0.3, 0.4) is 0 Å². The molecule has 4 nitrogen and oxygen atoms in total. The number of hydrogen-bond donors (Lipinski definition) is 1. The van der Waals surface area contributed by atoms with E-state index in [0.717, 1.165) is 10.9 Å². The van der Waals surface area contributed by atoms with Crippen molar-refractivity contribution >= 4 is 46.8 Å². The van der Waals surface area contributed by atoms with Gasteiger partial charge in [-0.1, -0.05) is 41.4 Å². The van der Waals surface area contributed by atoms with Gasteiger partial charge in [-0.25, -0.2) is 0 Å². The van der Waals surface area contributed by atoms with Crippen LogP contribution >= 0.6 is 23.2 Å². The maximum atomic E-state index is 12.9. The van der Waals surface area contributed by atoms with Crippen LogP contribution in [0, 0.1) is 0 Å². The molecule has 1 aromatic heterocycles. The predicted molar refractivity (Wildman–Crippen MR) is 115 cm³/mol. The second kappa shape index (κ2) is 8.91. The zero-order valence-corrected chi connectivity index (χ0v) is 16.7. The van der Waals surface area contributed by atoms with Crippen molar-refractivity contribution in [2.45, 2.75) is 13.0 Å². The highest BCUT2D eigenvalue weighted by molar-refractivity contribution is 6.30. The fourth-order valence-electron chi connectivity index (χ4n) is 2.73. The Morgan fingerprint density at radius 3 is 2.61 bits per heavy atom. The van der Waals surface area contributed by atoms with Crippen molar-refractivity contribution in [3.8, 4) is 0 Å². The van der Waals surface area contributed by atoms with E-state index in [9.17, 15) is 4.79 Å². The fraction of sp³-hybridized carbons (Fsp3) is 0.0909. The third kappa shape index (κ3) is 4.71. The summed E-state index contributed by atoms with van der Waals surface area (Å²) >= 11 is 11.9. The first-order chi connectivity index (χ1) is 13.5. The van der Waals surface area contributed by atoms with E-state index in [2.05, 4.69) is 17.0 Å². The molecule has 0 saturated carbocycles. The average molecular weight is 413 g/mol. The van der Waals surface area contributed by atoms with Gasteiger partial charge in [-0.15, -0.1) is 0 Å². The van der Waals surface area contributed by atoms with Crippen LogP contribution in [-0.4, -0.2) is 12.6 Å². The van der Waals surface area contributed by atoms with Gasteiger partial charge in [-0.05, 0) is 61.7 Å². The molecule has 1 atom stereocenters. The molecule has 3 aromatic rings. The predicted octanol–water partition coefficient (Wildman–Crippen LogP) is 6.28. The lowest BCUT2D eigenvalue weighted by atomic mass is 10.0. The number of rotatable bonds is 6. The lowest BCUT2D eigenvalue weighted by molar-refractivity contribution is 0.0942. The van der Waals surface area contributed by atoms with E-state index in [1.54, 1.807) is 49.6 Å². The summed E-state index contributed by atoms with van der Waals surface area (Å²) in [5.41, 5.74) is 2.49. The zero-order chi connectivity index (χ0) is 20.1. The van der Waals surface area contributed by atoms with Crippen molar-refractivity contribution in [3.05, 3.63) is 93.8 Å². The number of carbonyl (C=O) groups excluding carboxylic acids is 1. The first kappa shape index (κ1) is 19.9. The van der Waals surface area contributed by atoms with Crippen LogP contribution < -0.4 is 5.32 Å². The van der Waals surface area contributed by atoms with Crippen molar-refractivity contribution in [1.29, 1.82) is 0 Å². The van der Waals surface area contributed by atoms with Gasteiger partial charge in [0.1, 0.15) is 5.58 Å². The van der Waals surface area contributed by atoms with E-state index in [4.69, 9.17) is 27.6 Å². The number of nitrogens with zero attached hydrogens (tertiary/aromatic N) is 1. The first-order valence-corrected chi connectivity index (χ1v) is 9.28. The normalized spacial score (nSPS) is 13.4. The molecule has 28 heavy (non-hydrogen) atoms. The van der Waals surface area contributed by atoms with Crippen LogP contribution in [0.5, 0.6) is 0 Å². The monoisotopic (exact) mass is 412 g/mol. The SMILES string of the molecule is C=N/C(=C\C=C(/C)Cl)[C@@H](NC(=O)c1ccc2ccoc2c1)c1ccc(Cl)cc1. The number of furan rings is 1. The second-order valence-electron chi connectivity index (χ2n) is 6.13. The number of allylic oxidation sites excluding steroid dienone is 3. The minimum absolute atomic E-state index is 0.264. The maximum absolute atomic E-state index is 12.9. The van der Waals surface area contributed by atoms with Gasteiger partial charge in [0.15, 0.2) is 0 Å². The molecule has 142 valence electrons. The zero-order valence-electron chi connectivity index (χ0n) is 15.2. The minimum Gasteiger partial charge on any atom is -0.464 e. The van der Waals surface area contributed by atoms with E-state index in [-0.39, 0.29) is 5.91 Å². The van der Waals surface area contributed by atoms with Gasteiger partial charge in [0.2, 0.25) is 0 Å². The topological polar surface area (TPSA) is 54.6 Å². The average Bonchev–Trinajstić information content (AvgIpc) is 3.15. The second-order valence-corrected chi connectivity index (χ2v) is 7.17. The Bertz CT molecular complexity index is 1060. The summed E-state index contributed by atoms with van der Waals surface area (Å²) in [5.74, 6) is -0.264. The molecule has 0 bridgehead atoms. The van der Waals surface area contributed by atoms with Gasteiger partial charge < -0.3 is 9.73 Å². The third-order valence-electron chi connectivity index (χ3n) is 4.16. The number of halogens is 2. The molecule has 1 amide bonds. The summed E-state index contributed by atoms with van der Waals surface area (Å²) in [6.45, 7) is 5.39. The van der Waals surface area contributed by atoms with Gasteiger partial charge in [-0.3, -0.25) is 9.79 Å². The summed E-state index contributed by atoms with van der Waals surface area (Å²) in [6.07, 6.45) is 5.02. The number of fused-ring (bicyclic) bond motifs is 1.